The number of para-hydroxylation sites is 1. The predicted octanol–water partition coefficient (Wildman–Crippen LogP) is 3.70. The molecule has 2 amide bonds. The molecule has 0 radical (unpaired) electrons. The zero-order valence-electron chi connectivity index (χ0n) is 18.7. The topological polar surface area (TPSA) is 98.2 Å². The molecule has 0 atom stereocenters. The highest BCUT2D eigenvalue weighted by Gasteiger charge is 2.13. The molecule has 0 aliphatic carbocycles. The molecule has 0 aliphatic rings. The van der Waals surface area contributed by atoms with Gasteiger partial charge in [-0.15, -0.1) is 0 Å². The third-order valence-electron chi connectivity index (χ3n) is 4.75. The van der Waals surface area contributed by atoms with Gasteiger partial charge in [0.2, 0.25) is 0 Å². The van der Waals surface area contributed by atoms with Crippen LogP contribution in [0.1, 0.15) is 16.7 Å². The standard InChI is InChI=1S/C25H24ClN3O5/c1-32-20-12-10-17(11-13-20)14-27-24(30)25(31)29-28-15-18-7-5-9-22(33-2)23(18)34-16-19-6-3-4-8-21(19)26/h3-13,15H,14,16H2,1-2H3,(H,27,30)(H,29,31)/b28-15-. The highest BCUT2D eigenvalue weighted by Crippen LogP contribution is 2.31. The Kier molecular flexibility index (Phi) is 8.88. The van der Waals surface area contributed by atoms with Gasteiger partial charge in [0.25, 0.3) is 0 Å². The fourth-order valence-electron chi connectivity index (χ4n) is 2.93. The van der Waals surface area contributed by atoms with Crippen molar-refractivity contribution in [2.45, 2.75) is 13.2 Å². The number of carbonyl (C=O) groups is 2. The molecule has 0 aliphatic heterocycles. The number of rotatable bonds is 9. The molecule has 176 valence electrons. The van der Waals surface area contributed by atoms with Crippen LogP contribution in [-0.4, -0.2) is 32.2 Å². The van der Waals surface area contributed by atoms with E-state index in [4.69, 9.17) is 25.8 Å². The molecule has 0 bridgehead atoms. The summed E-state index contributed by atoms with van der Waals surface area (Å²) in [5.41, 5.74) is 4.39. The van der Waals surface area contributed by atoms with Crippen LogP contribution in [0.2, 0.25) is 5.02 Å². The van der Waals surface area contributed by atoms with E-state index < -0.39 is 11.8 Å². The smallest absolute Gasteiger partial charge is 0.329 e. The minimum Gasteiger partial charge on any atom is -0.497 e. The molecule has 0 fully saturated rings. The summed E-state index contributed by atoms with van der Waals surface area (Å²) in [5, 5.41) is 7.00. The lowest BCUT2D eigenvalue weighted by Crippen LogP contribution is -2.37. The van der Waals surface area contributed by atoms with Crippen molar-refractivity contribution in [3.63, 3.8) is 0 Å². The second kappa shape index (κ2) is 12.3. The molecule has 0 saturated carbocycles. The number of benzene rings is 3. The molecule has 3 rings (SSSR count). The van der Waals surface area contributed by atoms with E-state index in [1.165, 1.54) is 13.3 Å². The number of hydrazone groups is 1. The number of nitrogens with zero attached hydrogens (tertiary/aromatic N) is 1. The van der Waals surface area contributed by atoms with Crippen LogP contribution in [0.5, 0.6) is 17.2 Å². The summed E-state index contributed by atoms with van der Waals surface area (Å²) in [6.07, 6.45) is 1.37. The molecule has 8 nitrogen and oxygen atoms in total. The fraction of sp³-hybridized carbons (Fsp3) is 0.160. The molecular formula is C25H24ClN3O5. The summed E-state index contributed by atoms with van der Waals surface area (Å²) in [5.74, 6) is -0.0960. The Labute approximate surface area is 202 Å². The van der Waals surface area contributed by atoms with Crippen molar-refractivity contribution in [2.75, 3.05) is 14.2 Å². The normalized spacial score (nSPS) is 10.6. The van der Waals surface area contributed by atoms with Crippen molar-refractivity contribution >= 4 is 29.6 Å². The lowest BCUT2D eigenvalue weighted by Gasteiger charge is -2.13. The van der Waals surface area contributed by atoms with Crippen LogP contribution in [0.3, 0.4) is 0 Å². The van der Waals surface area contributed by atoms with Crippen LogP contribution < -0.4 is 25.0 Å². The average Bonchev–Trinajstić information content (AvgIpc) is 2.87. The number of methoxy groups -OCH3 is 2. The maximum Gasteiger partial charge on any atom is 0.329 e. The van der Waals surface area contributed by atoms with Crippen LogP contribution >= 0.6 is 11.6 Å². The third kappa shape index (κ3) is 6.73. The number of carbonyl (C=O) groups excluding carboxylic acids is 2. The van der Waals surface area contributed by atoms with Crippen LogP contribution in [0.15, 0.2) is 71.8 Å². The van der Waals surface area contributed by atoms with E-state index in [0.717, 1.165) is 11.1 Å². The van der Waals surface area contributed by atoms with E-state index in [9.17, 15) is 9.59 Å². The van der Waals surface area contributed by atoms with Crippen molar-refractivity contribution < 1.29 is 23.8 Å². The highest BCUT2D eigenvalue weighted by molar-refractivity contribution is 6.35. The van der Waals surface area contributed by atoms with Gasteiger partial charge in [0.1, 0.15) is 12.4 Å². The number of halogens is 1. The van der Waals surface area contributed by atoms with Crippen molar-refractivity contribution in [1.82, 2.24) is 10.7 Å². The van der Waals surface area contributed by atoms with E-state index >= 15 is 0 Å². The van der Waals surface area contributed by atoms with E-state index in [1.54, 1.807) is 55.6 Å². The molecule has 0 heterocycles. The molecular weight excluding hydrogens is 458 g/mol. The Balaban J connectivity index is 1.59. The summed E-state index contributed by atoms with van der Waals surface area (Å²) >= 11 is 6.20. The Morgan fingerprint density at radius 1 is 0.941 bits per heavy atom. The van der Waals surface area contributed by atoms with Crippen LogP contribution in [-0.2, 0) is 22.7 Å². The van der Waals surface area contributed by atoms with Gasteiger partial charge in [-0.25, -0.2) is 5.43 Å². The lowest BCUT2D eigenvalue weighted by atomic mass is 10.2. The maximum absolute atomic E-state index is 12.1. The van der Waals surface area contributed by atoms with Crippen molar-refractivity contribution in [3.05, 3.63) is 88.4 Å². The number of nitrogens with one attached hydrogen (secondary N) is 2. The molecule has 0 spiro atoms. The van der Waals surface area contributed by atoms with Gasteiger partial charge in [0, 0.05) is 22.7 Å². The lowest BCUT2D eigenvalue weighted by molar-refractivity contribution is -0.139. The van der Waals surface area contributed by atoms with Crippen molar-refractivity contribution in [3.8, 4) is 17.2 Å². The third-order valence-corrected chi connectivity index (χ3v) is 5.12. The first kappa shape index (κ1) is 24.6. The van der Waals surface area contributed by atoms with Crippen LogP contribution in [0.25, 0.3) is 0 Å². The zero-order chi connectivity index (χ0) is 24.3. The number of hydrogen-bond donors (Lipinski definition) is 2. The van der Waals surface area contributed by atoms with Gasteiger partial charge >= 0.3 is 11.8 Å². The van der Waals surface area contributed by atoms with Crippen molar-refractivity contribution in [1.29, 1.82) is 0 Å². The second-order valence-corrected chi connectivity index (χ2v) is 7.40. The van der Waals surface area contributed by atoms with Crippen molar-refractivity contribution in [2.24, 2.45) is 5.10 Å². The Morgan fingerprint density at radius 3 is 2.41 bits per heavy atom. The first-order valence-corrected chi connectivity index (χ1v) is 10.7. The average molecular weight is 482 g/mol. The van der Waals surface area contributed by atoms with Gasteiger partial charge in [-0.2, -0.15) is 5.10 Å². The summed E-state index contributed by atoms with van der Waals surface area (Å²) in [7, 11) is 3.09. The largest absolute Gasteiger partial charge is 0.497 e. The molecule has 0 aromatic heterocycles. The highest BCUT2D eigenvalue weighted by atomic mass is 35.5. The molecule has 9 heteroatoms. The maximum atomic E-state index is 12.1. The van der Waals surface area contributed by atoms with E-state index in [0.29, 0.717) is 27.8 Å². The monoisotopic (exact) mass is 481 g/mol. The first-order chi connectivity index (χ1) is 16.5. The van der Waals surface area contributed by atoms with Gasteiger partial charge < -0.3 is 19.5 Å². The fourth-order valence-corrected chi connectivity index (χ4v) is 3.12. The SMILES string of the molecule is COc1ccc(CNC(=O)C(=O)N/N=C\c2cccc(OC)c2OCc2ccccc2Cl)cc1. The molecule has 34 heavy (non-hydrogen) atoms. The first-order valence-electron chi connectivity index (χ1n) is 10.3. The number of ether oxygens (including phenoxy) is 3. The van der Waals surface area contributed by atoms with Crippen LogP contribution in [0, 0.1) is 0 Å². The molecule has 3 aromatic carbocycles. The molecule has 0 saturated heterocycles. The Bertz CT molecular complexity index is 1170. The van der Waals surface area contributed by atoms with Gasteiger partial charge in [-0.1, -0.05) is 48.0 Å². The second-order valence-electron chi connectivity index (χ2n) is 6.99. The van der Waals surface area contributed by atoms with E-state index in [1.807, 2.05) is 18.2 Å². The summed E-state index contributed by atoms with van der Waals surface area (Å²) in [6, 6.07) is 19.7. The molecule has 3 aromatic rings. The van der Waals surface area contributed by atoms with Gasteiger partial charge in [0.15, 0.2) is 11.5 Å². The van der Waals surface area contributed by atoms with Gasteiger partial charge in [-0.05, 0) is 35.9 Å². The quantitative estimate of drug-likeness (QED) is 0.276. The van der Waals surface area contributed by atoms with E-state index in [-0.39, 0.29) is 13.2 Å². The zero-order valence-corrected chi connectivity index (χ0v) is 19.5. The molecule has 2 N–H and O–H groups in total. The van der Waals surface area contributed by atoms with Gasteiger partial charge in [0.05, 0.1) is 20.4 Å². The molecule has 0 unspecified atom stereocenters. The minimum absolute atomic E-state index is 0.190. The summed E-state index contributed by atoms with van der Waals surface area (Å²) in [4.78, 5) is 24.1. The predicted molar refractivity (Wildman–Crippen MR) is 129 cm³/mol. The Hall–Kier alpha value is -4.04. The summed E-state index contributed by atoms with van der Waals surface area (Å²) in [6.45, 7) is 0.400. The number of amides is 2. The summed E-state index contributed by atoms with van der Waals surface area (Å²) < 4.78 is 16.4. The Morgan fingerprint density at radius 2 is 1.71 bits per heavy atom. The van der Waals surface area contributed by atoms with E-state index in [2.05, 4.69) is 15.8 Å². The minimum atomic E-state index is -0.897. The van der Waals surface area contributed by atoms with Gasteiger partial charge in [-0.3, -0.25) is 9.59 Å². The van der Waals surface area contributed by atoms with Crippen LogP contribution in [0.4, 0.5) is 0 Å². The number of hydrogen-bond acceptors (Lipinski definition) is 6.